The van der Waals surface area contributed by atoms with E-state index < -0.39 is 6.10 Å². The molecule has 2 aromatic rings. The number of thiophene rings is 1. The molecule has 100 valence electrons. The van der Waals surface area contributed by atoms with Crippen molar-refractivity contribution in [1.82, 2.24) is 4.98 Å². The van der Waals surface area contributed by atoms with Gasteiger partial charge in [-0.1, -0.05) is 6.07 Å². The number of aliphatic hydroxyl groups excluding tert-OH is 1. The Labute approximate surface area is 121 Å². The Morgan fingerprint density at radius 1 is 1.42 bits per heavy atom. The minimum atomic E-state index is -0.421. The zero-order chi connectivity index (χ0) is 13.2. The summed E-state index contributed by atoms with van der Waals surface area (Å²) in [6.45, 7) is 2.03. The van der Waals surface area contributed by atoms with Gasteiger partial charge in [-0.25, -0.2) is 0 Å². The van der Waals surface area contributed by atoms with Gasteiger partial charge in [0.15, 0.2) is 0 Å². The molecule has 3 rings (SSSR count). The van der Waals surface area contributed by atoms with Crippen molar-refractivity contribution in [2.75, 3.05) is 5.75 Å². The average Bonchev–Trinajstić information content (AvgIpc) is 2.85. The third kappa shape index (κ3) is 3.02. The fourth-order valence-electron chi connectivity index (χ4n) is 2.25. The highest BCUT2D eigenvalue weighted by atomic mass is 32.2. The molecule has 0 amide bonds. The minimum Gasteiger partial charge on any atom is -0.387 e. The van der Waals surface area contributed by atoms with Crippen LogP contribution in [0.1, 0.15) is 32.7 Å². The van der Waals surface area contributed by atoms with E-state index in [-0.39, 0.29) is 0 Å². The second-order valence-corrected chi connectivity index (χ2v) is 7.22. The molecule has 1 aliphatic heterocycles. The Morgan fingerprint density at radius 3 is 3.05 bits per heavy atom. The lowest BCUT2D eigenvalue weighted by atomic mass is 10.1. The summed E-state index contributed by atoms with van der Waals surface area (Å²) in [5, 5.41) is 10.4. The summed E-state index contributed by atoms with van der Waals surface area (Å²) in [4.78, 5) is 6.92. The van der Waals surface area contributed by atoms with E-state index in [0.29, 0.717) is 6.42 Å². The Balaban J connectivity index is 1.74. The van der Waals surface area contributed by atoms with Gasteiger partial charge in [-0.3, -0.25) is 4.98 Å². The normalized spacial score (nSPS) is 16.1. The number of rotatable bonds is 3. The molecule has 0 bridgehead atoms. The van der Waals surface area contributed by atoms with Gasteiger partial charge >= 0.3 is 0 Å². The molecule has 1 unspecified atom stereocenters. The SMILES string of the molecule is Cc1ccc(CC(O)c2cc3c(s2)CCSC3)nc1. The molecule has 0 saturated carbocycles. The molecule has 2 nitrogen and oxygen atoms in total. The highest BCUT2D eigenvalue weighted by Crippen LogP contribution is 2.35. The lowest BCUT2D eigenvalue weighted by molar-refractivity contribution is 0.181. The maximum absolute atomic E-state index is 10.4. The number of thioether (sulfide) groups is 1. The predicted molar refractivity (Wildman–Crippen MR) is 81.8 cm³/mol. The van der Waals surface area contributed by atoms with Crippen LogP contribution in [0.4, 0.5) is 0 Å². The van der Waals surface area contributed by atoms with Crippen molar-refractivity contribution in [3.63, 3.8) is 0 Å². The van der Waals surface area contributed by atoms with Crippen molar-refractivity contribution >= 4 is 23.1 Å². The third-order valence-electron chi connectivity index (χ3n) is 3.35. The van der Waals surface area contributed by atoms with E-state index in [1.807, 2.05) is 37.0 Å². The van der Waals surface area contributed by atoms with Gasteiger partial charge in [-0.05, 0) is 42.4 Å². The number of aryl methyl sites for hydroxylation is 2. The van der Waals surface area contributed by atoms with Crippen LogP contribution in [0.5, 0.6) is 0 Å². The van der Waals surface area contributed by atoms with Gasteiger partial charge in [0.05, 0.1) is 6.10 Å². The van der Waals surface area contributed by atoms with E-state index >= 15 is 0 Å². The first kappa shape index (κ1) is 13.2. The van der Waals surface area contributed by atoms with E-state index in [0.717, 1.165) is 28.3 Å². The molecule has 4 heteroatoms. The van der Waals surface area contributed by atoms with Crippen LogP contribution < -0.4 is 0 Å². The third-order valence-corrected chi connectivity index (χ3v) is 5.70. The van der Waals surface area contributed by atoms with E-state index in [9.17, 15) is 5.11 Å². The quantitative estimate of drug-likeness (QED) is 0.939. The molecule has 0 spiro atoms. The fourth-order valence-corrected chi connectivity index (χ4v) is 4.61. The molecule has 0 aliphatic carbocycles. The second kappa shape index (κ2) is 5.65. The first-order valence-corrected chi connectivity index (χ1v) is 8.48. The topological polar surface area (TPSA) is 33.1 Å². The van der Waals surface area contributed by atoms with Gasteiger partial charge in [0, 0.05) is 33.8 Å². The molecular weight excluding hydrogens is 274 g/mol. The summed E-state index contributed by atoms with van der Waals surface area (Å²) in [5.74, 6) is 2.31. The smallest absolute Gasteiger partial charge is 0.0937 e. The monoisotopic (exact) mass is 291 g/mol. The van der Waals surface area contributed by atoms with Gasteiger partial charge in [0.25, 0.3) is 0 Å². The van der Waals surface area contributed by atoms with Crippen LogP contribution >= 0.6 is 23.1 Å². The van der Waals surface area contributed by atoms with Crippen LogP contribution in [0.25, 0.3) is 0 Å². The van der Waals surface area contributed by atoms with Gasteiger partial charge in [-0.15, -0.1) is 11.3 Å². The van der Waals surface area contributed by atoms with Gasteiger partial charge in [-0.2, -0.15) is 11.8 Å². The zero-order valence-corrected chi connectivity index (χ0v) is 12.6. The van der Waals surface area contributed by atoms with Crippen LogP contribution in [0.2, 0.25) is 0 Å². The first-order valence-electron chi connectivity index (χ1n) is 6.51. The van der Waals surface area contributed by atoms with Crippen LogP contribution in [-0.4, -0.2) is 15.8 Å². The lowest BCUT2D eigenvalue weighted by Crippen LogP contribution is -2.01. The van der Waals surface area contributed by atoms with E-state index in [4.69, 9.17) is 0 Å². The fraction of sp³-hybridized carbons (Fsp3) is 0.400. The molecule has 0 radical (unpaired) electrons. The van der Waals surface area contributed by atoms with E-state index in [2.05, 4.69) is 11.1 Å². The summed E-state index contributed by atoms with van der Waals surface area (Å²) in [6.07, 6.45) is 3.20. The predicted octanol–water partition coefficient (Wildman–Crippen LogP) is 3.52. The van der Waals surface area contributed by atoms with Crippen molar-refractivity contribution in [3.05, 3.63) is 51.0 Å². The van der Waals surface area contributed by atoms with E-state index in [1.54, 1.807) is 11.3 Å². The van der Waals surface area contributed by atoms with E-state index in [1.165, 1.54) is 16.2 Å². The zero-order valence-electron chi connectivity index (χ0n) is 10.9. The van der Waals surface area contributed by atoms with Crippen molar-refractivity contribution in [2.45, 2.75) is 31.6 Å². The molecule has 1 N–H and O–H groups in total. The van der Waals surface area contributed by atoms with Crippen LogP contribution in [0, 0.1) is 6.92 Å². The molecule has 19 heavy (non-hydrogen) atoms. The lowest BCUT2D eigenvalue weighted by Gasteiger charge is -2.08. The van der Waals surface area contributed by atoms with Crippen molar-refractivity contribution in [1.29, 1.82) is 0 Å². The number of aromatic nitrogens is 1. The maximum Gasteiger partial charge on any atom is 0.0937 e. The second-order valence-electron chi connectivity index (χ2n) is 4.95. The highest BCUT2D eigenvalue weighted by Gasteiger charge is 2.18. The Bertz CT molecular complexity index is 539. The first-order chi connectivity index (χ1) is 9.22. The number of aliphatic hydroxyl groups is 1. The Kier molecular flexibility index (Phi) is 3.91. The average molecular weight is 291 g/mol. The molecule has 1 aliphatic rings. The van der Waals surface area contributed by atoms with Gasteiger partial charge in [0.2, 0.25) is 0 Å². The summed E-state index contributed by atoms with van der Waals surface area (Å²) in [6, 6.07) is 6.23. The van der Waals surface area contributed by atoms with Crippen LogP contribution in [-0.2, 0) is 18.6 Å². The molecular formula is C15H17NOS2. The number of hydrogen-bond donors (Lipinski definition) is 1. The standard InChI is InChI=1S/C15H17NOS2/c1-10-2-3-12(16-8-10)7-13(17)15-6-11-9-18-5-4-14(11)19-15/h2-3,6,8,13,17H,4-5,7,9H2,1H3. The Morgan fingerprint density at radius 2 is 2.32 bits per heavy atom. The number of nitrogens with zero attached hydrogens (tertiary/aromatic N) is 1. The molecule has 3 heterocycles. The van der Waals surface area contributed by atoms with Crippen molar-refractivity contribution < 1.29 is 5.11 Å². The number of pyridine rings is 1. The maximum atomic E-state index is 10.4. The molecule has 0 fully saturated rings. The summed E-state index contributed by atoms with van der Waals surface area (Å²) < 4.78 is 0. The van der Waals surface area contributed by atoms with Crippen molar-refractivity contribution in [3.8, 4) is 0 Å². The highest BCUT2D eigenvalue weighted by molar-refractivity contribution is 7.98. The largest absolute Gasteiger partial charge is 0.387 e. The summed E-state index contributed by atoms with van der Waals surface area (Å²) >= 11 is 3.76. The van der Waals surface area contributed by atoms with Crippen LogP contribution in [0.3, 0.4) is 0 Å². The Hall–Kier alpha value is -0.840. The molecule has 1 atom stereocenters. The number of fused-ring (bicyclic) bond motifs is 1. The molecule has 0 saturated heterocycles. The summed E-state index contributed by atoms with van der Waals surface area (Å²) in [7, 11) is 0. The van der Waals surface area contributed by atoms with Crippen LogP contribution in [0.15, 0.2) is 24.4 Å². The van der Waals surface area contributed by atoms with Crippen molar-refractivity contribution in [2.24, 2.45) is 0 Å². The number of hydrogen-bond acceptors (Lipinski definition) is 4. The molecule has 2 aromatic heterocycles. The minimum absolute atomic E-state index is 0.421. The molecule has 0 aromatic carbocycles. The summed E-state index contributed by atoms with van der Waals surface area (Å²) in [5.41, 5.74) is 3.54. The van der Waals surface area contributed by atoms with Gasteiger partial charge < -0.3 is 5.11 Å². The van der Waals surface area contributed by atoms with Gasteiger partial charge in [0.1, 0.15) is 0 Å².